The van der Waals surface area contributed by atoms with Crippen LogP contribution < -0.4 is 0 Å². The van der Waals surface area contributed by atoms with Crippen LogP contribution in [0.25, 0.3) is 0 Å². The van der Waals surface area contributed by atoms with E-state index in [9.17, 15) is 13.2 Å². The van der Waals surface area contributed by atoms with Gasteiger partial charge in [-0.1, -0.05) is 18.6 Å². The van der Waals surface area contributed by atoms with E-state index in [1.165, 1.54) is 6.07 Å². The van der Waals surface area contributed by atoms with Crippen molar-refractivity contribution in [3.05, 3.63) is 29.3 Å². The maximum atomic E-state index is 12.4. The van der Waals surface area contributed by atoms with Crippen LogP contribution in [0.1, 0.15) is 29.3 Å². The van der Waals surface area contributed by atoms with Crippen LogP contribution in [0.2, 0.25) is 0 Å². The summed E-state index contributed by atoms with van der Waals surface area (Å²) < 4.78 is 23.1. The molecule has 6 heteroatoms. The Labute approximate surface area is 117 Å². The largest absolute Gasteiger partial charge is 0.338 e. The first-order valence-electron chi connectivity index (χ1n) is 6.13. The summed E-state index contributed by atoms with van der Waals surface area (Å²) in [5.74, 6) is 0.192. The van der Waals surface area contributed by atoms with Gasteiger partial charge in [0, 0.05) is 23.8 Å². The molecule has 1 amide bonds. The van der Waals surface area contributed by atoms with Gasteiger partial charge in [-0.05, 0) is 31.4 Å². The first-order chi connectivity index (χ1) is 8.79. The summed E-state index contributed by atoms with van der Waals surface area (Å²) in [7, 11) is 1.48. The Morgan fingerprint density at radius 3 is 2.63 bits per heavy atom. The van der Waals surface area contributed by atoms with Crippen molar-refractivity contribution in [2.75, 3.05) is 13.1 Å². The molecule has 0 aliphatic carbocycles. The van der Waals surface area contributed by atoms with E-state index in [4.69, 9.17) is 10.7 Å². The van der Waals surface area contributed by atoms with Crippen molar-refractivity contribution < 1.29 is 13.2 Å². The van der Waals surface area contributed by atoms with Gasteiger partial charge in [-0.15, -0.1) is 0 Å². The van der Waals surface area contributed by atoms with E-state index in [0.717, 1.165) is 12.0 Å². The molecule has 0 radical (unpaired) electrons. The molecule has 1 aromatic rings. The summed E-state index contributed by atoms with van der Waals surface area (Å²) in [6.45, 7) is 5.21. The van der Waals surface area contributed by atoms with Gasteiger partial charge in [-0.2, -0.15) is 0 Å². The smallest absolute Gasteiger partial charge is 0.262 e. The van der Waals surface area contributed by atoms with Gasteiger partial charge in [0.1, 0.15) is 0 Å². The lowest BCUT2D eigenvalue weighted by molar-refractivity contribution is 0.0784. The van der Waals surface area contributed by atoms with E-state index in [1.807, 2.05) is 6.92 Å². The van der Waals surface area contributed by atoms with Crippen LogP contribution in [-0.4, -0.2) is 32.3 Å². The van der Waals surface area contributed by atoms with Crippen molar-refractivity contribution in [3.8, 4) is 0 Å². The molecular weight excluding hydrogens is 286 g/mol. The van der Waals surface area contributed by atoms with Crippen LogP contribution in [0.4, 0.5) is 0 Å². The molecule has 4 nitrogen and oxygen atoms in total. The van der Waals surface area contributed by atoms with Gasteiger partial charge in [0.25, 0.3) is 15.0 Å². The molecule has 19 heavy (non-hydrogen) atoms. The Morgan fingerprint density at radius 1 is 1.42 bits per heavy atom. The van der Waals surface area contributed by atoms with Crippen molar-refractivity contribution in [1.29, 1.82) is 0 Å². The number of likely N-dealkylation sites (tertiary alicyclic amines) is 1. The molecule has 1 aromatic carbocycles. The predicted molar refractivity (Wildman–Crippen MR) is 73.9 cm³/mol. The number of aryl methyl sites for hydroxylation is 1. The van der Waals surface area contributed by atoms with Crippen molar-refractivity contribution in [3.63, 3.8) is 0 Å². The van der Waals surface area contributed by atoms with E-state index < -0.39 is 9.05 Å². The van der Waals surface area contributed by atoms with Crippen molar-refractivity contribution >= 4 is 25.6 Å². The third-order valence-electron chi connectivity index (χ3n) is 3.34. The van der Waals surface area contributed by atoms with E-state index in [-0.39, 0.29) is 16.4 Å². The van der Waals surface area contributed by atoms with Crippen molar-refractivity contribution in [2.45, 2.75) is 25.2 Å². The molecule has 0 N–H and O–H groups in total. The number of rotatable bonds is 2. The standard InChI is InChI=1S/C13H16ClNO3S/c1-9-3-4-12(19(14,17)18)11(7-9)13(16)15-6-5-10(2)8-15/h3-4,7,10H,5-6,8H2,1-2H3. The second-order valence-corrected chi connectivity index (χ2v) is 7.62. The van der Waals surface area contributed by atoms with Crippen molar-refractivity contribution in [1.82, 2.24) is 4.90 Å². The third kappa shape index (κ3) is 3.09. The highest BCUT2D eigenvalue weighted by atomic mass is 35.7. The van der Waals surface area contributed by atoms with Gasteiger partial charge in [-0.25, -0.2) is 8.42 Å². The number of halogens is 1. The Bertz CT molecular complexity index is 612. The Hall–Kier alpha value is -1.07. The van der Waals surface area contributed by atoms with E-state index in [0.29, 0.717) is 19.0 Å². The van der Waals surface area contributed by atoms with Crippen LogP contribution in [0.3, 0.4) is 0 Å². The number of carbonyl (C=O) groups is 1. The van der Waals surface area contributed by atoms with Gasteiger partial charge >= 0.3 is 0 Å². The molecule has 1 heterocycles. The van der Waals surface area contributed by atoms with Crippen LogP contribution in [0.15, 0.2) is 23.1 Å². The molecule has 1 aliphatic rings. The topological polar surface area (TPSA) is 54.5 Å². The summed E-state index contributed by atoms with van der Waals surface area (Å²) in [6.07, 6.45) is 0.945. The quantitative estimate of drug-likeness (QED) is 0.788. The summed E-state index contributed by atoms with van der Waals surface area (Å²) >= 11 is 0. The second-order valence-electron chi connectivity index (χ2n) is 5.08. The fraction of sp³-hybridized carbons (Fsp3) is 0.462. The first kappa shape index (κ1) is 14.3. The van der Waals surface area contributed by atoms with Gasteiger partial charge in [0.15, 0.2) is 0 Å². The van der Waals surface area contributed by atoms with Crippen LogP contribution in [0.5, 0.6) is 0 Å². The fourth-order valence-electron chi connectivity index (χ4n) is 2.31. The predicted octanol–water partition coefficient (Wildman–Crippen LogP) is 2.40. The molecule has 104 valence electrons. The molecule has 1 atom stereocenters. The monoisotopic (exact) mass is 301 g/mol. The lowest BCUT2D eigenvalue weighted by Crippen LogP contribution is -2.29. The molecule has 1 aliphatic heterocycles. The van der Waals surface area contributed by atoms with Crippen LogP contribution in [-0.2, 0) is 9.05 Å². The number of benzene rings is 1. The number of hydrogen-bond acceptors (Lipinski definition) is 3. The lowest BCUT2D eigenvalue weighted by atomic mass is 10.1. The van der Waals surface area contributed by atoms with E-state index in [2.05, 4.69) is 6.92 Å². The Morgan fingerprint density at radius 2 is 2.11 bits per heavy atom. The van der Waals surface area contributed by atoms with E-state index >= 15 is 0 Å². The zero-order valence-electron chi connectivity index (χ0n) is 10.9. The Kier molecular flexibility index (Phi) is 3.87. The summed E-state index contributed by atoms with van der Waals surface area (Å²) in [4.78, 5) is 14.0. The molecule has 1 fully saturated rings. The second kappa shape index (κ2) is 5.13. The number of hydrogen-bond donors (Lipinski definition) is 0. The van der Waals surface area contributed by atoms with Gasteiger partial charge in [-0.3, -0.25) is 4.79 Å². The molecule has 1 unspecified atom stereocenters. The normalized spacial score (nSPS) is 19.7. The summed E-state index contributed by atoms with van der Waals surface area (Å²) in [6, 6.07) is 4.61. The molecule has 0 aromatic heterocycles. The van der Waals surface area contributed by atoms with Gasteiger partial charge in [0.2, 0.25) is 0 Å². The highest BCUT2D eigenvalue weighted by Crippen LogP contribution is 2.25. The first-order valence-corrected chi connectivity index (χ1v) is 8.44. The number of carbonyl (C=O) groups excluding carboxylic acids is 1. The minimum absolute atomic E-state index is 0.107. The van der Waals surface area contributed by atoms with Crippen LogP contribution >= 0.6 is 10.7 Å². The molecule has 0 saturated carbocycles. The minimum atomic E-state index is -3.91. The maximum absolute atomic E-state index is 12.4. The molecule has 2 rings (SSSR count). The highest BCUT2D eigenvalue weighted by Gasteiger charge is 2.28. The summed E-state index contributed by atoms with van der Waals surface area (Å²) in [5, 5.41) is 0. The number of nitrogens with zero attached hydrogens (tertiary/aromatic N) is 1. The van der Waals surface area contributed by atoms with Crippen molar-refractivity contribution in [2.24, 2.45) is 5.92 Å². The molecular formula is C13H16ClNO3S. The molecule has 1 saturated heterocycles. The zero-order valence-corrected chi connectivity index (χ0v) is 12.5. The molecule has 0 bridgehead atoms. The SMILES string of the molecule is Cc1ccc(S(=O)(=O)Cl)c(C(=O)N2CCC(C)C2)c1. The third-order valence-corrected chi connectivity index (χ3v) is 4.72. The fourth-order valence-corrected chi connectivity index (χ4v) is 3.36. The van der Waals surface area contributed by atoms with E-state index in [1.54, 1.807) is 17.0 Å². The Balaban J connectivity index is 2.43. The van der Waals surface area contributed by atoms with Gasteiger partial charge < -0.3 is 4.90 Å². The van der Waals surface area contributed by atoms with Crippen LogP contribution in [0, 0.1) is 12.8 Å². The highest BCUT2D eigenvalue weighted by molar-refractivity contribution is 8.13. The average molecular weight is 302 g/mol. The summed E-state index contributed by atoms with van der Waals surface area (Å²) in [5.41, 5.74) is 1.00. The lowest BCUT2D eigenvalue weighted by Gasteiger charge is -2.17. The molecule has 0 spiro atoms. The van der Waals surface area contributed by atoms with Gasteiger partial charge in [0.05, 0.1) is 10.5 Å². The maximum Gasteiger partial charge on any atom is 0.262 e. The number of amides is 1. The zero-order chi connectivity index (χ0) is 14.2. The average Bonchev–Trinajstić information content (AvgIpc) is 2.73. The minimum Gasteiger partial charge on any atom is -0.338 e.